The number of rotatable bonds is 7. The van der Waals surface area contributed by atoms with E-state index in [0.717, 1.165) is 0 Å². The number of carbonyl (C=O) groups is 3. The summed E-state index contributed by atoms with van der Waals surface area (Å²) in [4.78, 5) is 35.7. The van der Waals surface area contributed by atoms with Crippen LogP contribution in [0.3, 0.4) is 0 Å². The minimum Gasteiger partial charge on any atom is -0.480 e. The fourth-order valence-electron chi connectivity index (χ4n) is 1.68. The summed E-state index contributed by atoms with van der Waals surface area (Å²) in [5, 5.41) is 11.4. The van der Waals surface area contributed by atoms with Crippen molar-refractivity contribution >= 4 is 17.8 Å². The summed E-state index contributed by atoms with van der Waals surface area (Å²) in [5.41, 5.74) is -0.148. The normalized spacial score (nSPS) is 12.7. The van der Waals surface area contributed by atoms with Crippen molar-refractivity contribution in [3.8, 4) is 0 Å². The first kappa shape index (κ1) is 18.4. The number of carbonyl (C=O) groups excluding carboxylic acids is 2. The van der Waals surface area contributed by atoms with E-state index >= 15 is 0 Å². The third kappa shape index (κ3) is 7.76. The first-order valence-corrected chi connectivity index (χ1v) is 6.84. The van der Waals surface area contributed by atoms with Gasteiger partial charge in [0.2, 0.25) is 11.8 Å². The van der Waals surface area contributed by atoms with E-state index in [2.05, 4.69) is 5.32 Å². The minimum atomic E-state index is -1.06. The van der Waals surface area contributed by atoms with Gasteiger partial charge in [0.25, 0.3) is 0 Å². The smallest absolute Gasteiger partial charge is 0.323 e. The van der Waals surface area contributed by atoms with Crippen LogP contribution >= 0.6 is 0 Å². The van der Waals surface area contributed by atoms with Gasteiger partial charge in [0, 0.05) is 12.5 Å². The molecule has 0 aromatic rings. The van der Waals surface area contributed by atoms with Gasteiger partial charge in [-0.05, 0) is 18.8 Å². The third-order valence-corrected chi connectivity index (χ3v) is 2.88. The summed E-state index contributed by atoms with van der Waals surface area (Å²) in [6, 6.07) is -0.168. The zero-order valence-corrected chi connectivity index (χ0v) is 13.0. The lowest BCUT2D eigenvalue weighted by Gasteiger charge is -2.27. The maximum Gasteiger partial charge on any atom is 0.323 e. The molecule has 6 heteroatoms. The quantitative estimate of drug-likeness (QED) is 0.737. The van der Waals surface area contributed by atoms with E-state index in [4.69, 9.17) is 5.11 Å². The highest BCUT2D eigenvalue weighted by molar-refractivity contribution is 5.87. The van der Waals surface area contributed by atoms with Crippen LogP contribution in [-0.2, 0) is 14.4 Å². The molecule has 1 atom stereocenters. The standard InChI is InChI=1S/C14H26N2O4/c1-6-10(2)16(9-13(19)20)12(18)8-15-11(17)7-14(3,4)5/h10H,6-9H2,1-5H3,(H,15,17)(H,19,20). The molecule has 0 aliphatic rings. The molecule has 0 aromatic heterocycles. The van der Waals surface area contributed by atoms with Crippen molar-refractivity contribution in [2.45, 2.75) is 53.5 Å². The van der Waals surface area contributed by atoms with E-state index in [1.807, 2.05) is 27.7 Å². The lowest BCUT2D eigenvalue weighted by atomic mass is 9.92. The van der Waals surface area contributed by atoms with Gasteiger partial charge in [0.15, 0.2) is 0 Å². The van der Waals surface area contributed by atoms with E-state index < -0.39 is 5.97 Å². The molecule has 2 amide bonds. The maximum absolute atomic E-state index is 12.0. The molecular formula is C14H26N2O4. The SMILES string of the molecule is CCC(C)N(CC(=O)O)C(=O)CNC(=O)CC(C)(C)C. The summed E-state index contributed by atoms with van der Waals surface area (Å²) in [6.45, 7) is 8.97. The number of hydrogen-bond donors (Lipinski definition) is 2. The molecule has 0 rings (SSSR count). The lowest BCUT2D eigenvalue weighted by molar-refractivity contribution is -0.146. The first-order valence-electron chi connectivity index (χ1n) is 6.84. The van der Waals surface area contributed by atoms with Crippen molar-refractivity contribution in [1.82, 2.24) is 10.2 Å². The summed E-state index contributed by atoms with van der Waals surface area (Å²) in [7, 11) is 0. The highest BCUT2D eigenvalue weighted by Crippen LogP contribution is 2.17. The largest absolute Gasteiger partial charge is 0.480 e. The Morgan fingerprint density at radius 3 is 2.20 bits per heavy atom. The summed E-state index contributed by atoms with van der Waals surface area (Å²) in [6.07, 6.45) is 0.984. The van der Waals surface area contributed by atoms with Gasteiger partial charge in [-0.2, -0.15) is 0 Å². The number of hydrogen-bond acceptors (Lipinski definition) is 3. The zero-order valence-electron chi connectivity index (χ0n) is 13.0. The molecule has 0 aromatic carbocycles. The van der Waals surface area contributed by atoms with Gasteiger partial charge in [-0.15, -0.1) is 0 Å². The van der Waals surface area contributed by atoms with Gasteiger partial charge in [-0.1, -0.05) is 27.7 Å². The highest BCUT2D eigenvalue weighted by Gasteiger charge is 2.22. The molecule has 0 spiro atoms. The zero-order chi connectivity index (χ0) is 15.9. The van der Waals surface area contributed by atoms with Crippen molar-refractivity contribution in [2.24, 2.45) is 5.41 Å². The Morgan fingerprint density at radius 1 is 1.25 bits per heavy atom. The molecule has 0 heterocycles. The molecule has 1 unspecified atom stereocenters. The fourth-order valence-corrected chi connectivity index (χ4v) is 1.68. The van der Waals surface area contributed by atoms with Gasteiger partial charge in [0.05, 0.1) is 6.54 Å². The second-order valence-electron chi connectivity index (χ2n) is 6.19. The predicted octanol–water partition coefficient (Wildman–Crippen LogP) is 1.25. The molecule has 0 fully saturated rings. The van der Waals surface area contributed by atoms with Gasteiger partial charge >= 0.3 is 5.97 Å². The maximum atomic E-state index is 12.0. The van der Waals surface area contributed by atoms with Gasteiger partial charge < -0.3 is 15.3 Å². The Morgan fingerprint density at radius 2 is 1.80 bits per heavy atom. The highest BCUT2D eigenvalue weighted by atomic mass is 16.4. The summed E-state index contributed by atoms with van der Waals surface area (Å²) in [5.74, 6) is -1.63. The van der Waals surface area contributed by atoms with Gasteiger partial charge in [-0.3, -0.25) is 14.4 Å². The number of nitrogens with one attached hydrogen (secondary N) is 1. The summed E-state index contributed by atoms with van der Waals surface area (Å²) >= 11 is 0. The van der Waals surface area contributed by atoms with E-state index in [1.54, 1.807) is 6.92 Å². The van der Waals surface area contributed by atoms with Gasteiger partial charge in [0.1, 0.15) is 6.54 Å². The van der Waals surface area contributed by atoms with Crippen LogP contribution in [0.4, 0.5) is 0 Å². The van der Waals surface area contributed by atoms with Crippen LogP contribution in [0.5, 0.6) is 0 Å². The van der Waals surface area contributed by atoms with Crippen LogP contribution in [0.2, 0.25) is 0 Å². The second-order valence-corrected chi connectivity index (χ2v) is 6.19. The van der Waals surface area contributed by atoms with Gasteiger partial charge in [-0.25, -0.2) is 0 Å². The number of carboxylic acids is 1. The number of carboxylic acid groups (broad SMARTS) is 1. The minimum absolute atomic E-state index is 0.148. The third-order valence-electron chi connectivity index (χ3n) is 2.88. The van der Waals surface area contributed by atoms with Crippen molar-refractivity contribution in [1.29, 1.82) is 0 Å². The first-order chi connectivity index (χ1) is 9.06. The van der Waals surface area contributed by atoms with E-state index in [-0.39, 0.29) is 36.4 Å². The van der Waals surface area contributed by atoms with Crippen molar-refractivity contribution in [2.75, 3.05) is 13.1 Å². The number of aliphatic carboxylic acids is 1. The Kier molecular flexibility index (Phi) is 7.24. The Labute approximate surface area is 120 Å². The van der Waals surface area contributed by atoms with Crippen LogP contribution in [0.1, 0.15) is 47.5 Å². The predicted molar refractivity (Wildman–Crippen MR) is 76.2 cm³/mol. The Bertz CT molecular complexity index is 361. The molecule has 0 bridgehead atoms. The topological polar surface area (TPSA) is 86.7 Å². The Hall–Kier alpha value is -1.59. The van der Waals surface area contributed by atoms with Crippen molar-refractivity contribution in [3.05, 3.63) is 0 Å². The van der Waals surface area contributed by atoms with E-state index in [1.165, 1.54) is 4.90 Å². The molecule has 0 aliphatic carbocycles. The second kappa shape index (κ2) is 7.87. The molecule has 2 N–H and O–H groups in total. The average Bonchev–Trinajstić information content (AvgIpc) is 2.29. The molecule has 6 nitrogen and oxygen atoms in total. The molecule has 0 radical (unpaired) electrons. The molecule has 0 saturated heterocycles. The Balaban J connectivity index is 4.47. The lowest BCUT2D eigenvalue weighted by Crippen LogP contribution is -2.47. The van der Waals surface area contributed by atoms with Crippen molar-refractivity contribution < 1.29 is 19.5 Å². The summed E-state index contributed by atoms with van der Waals surface area (Å²) < 4.78 is 0. The van der Waals surface area contributed by atoms with Crippen molar-refractivity contribution in [3.63, 3.8) is 0 Å². The molecule has 116 valence electrons. The molecule has 0 saturated carbocycles. The van der Waals surface area contributed by atoms with Crippen LogP contribution < -0.4 is 5.32 Å². The van der Waals surface area contributed by atoms with E-state index in [9.17, 15) is 14.4 Å². The van der Waals surface area contributed by atoms with Crippen LogP contribution in [0.15, 0.2) is 0 Å². The van der Waals surface area contributed by atoms with E-state index in [0.29, 0.717) is 12.8 Å². The van der Waals surface area contributed by atoms with Crippen LogP contribution in [0, 0.1) is 5.41 Å². The fraction of sp³-hybridized carbons (Fsp3) is 0.786. The molecule has 20 heavy (non-hydrogen) atoms. The number of nitrogens with zero attached hydrogens (tertiary/aromatic N) is 1. The molecular weight excluding hydrogens is 260 g/mol. The monoisotopic (exact) mass is 286 g/mol. The average molecular weight is 286 g/mol. The number of amides is 2. The van der Waals surface area contributed by atoms with Crippen LogP contribution in [-0.4, -0.2) is 46.9 Å². The molecule has 0 aliphatic heterocycles. The van der Waals surface area contributed by atoms with Crippen LogP contribution in [0.25, 0.3) is 0 Å².